The standard InChI is InChI=1S/C14H14F3NOS/c15-14(16,17)11-5-2-1-4-9(11)13(19)10(8-18)12-6-3-7-20-12/h1-7,10,13,19H,8,18H2. The Labute approximate surface area is 118 Å². The summed E-state index contributed by atoms with van der Waals surface area (Å²) < 4.78 is 38.9. The first-order chi connectivity index (χ1) is 9.45. The number of rotatable bonds is 4. The molecule has 0 bridgehead atoms. The average molecular weight is 301 g/mol. The minimum absolute atomic E-state index is 0.0773. The number of hydrogen-bond donors (Lipinski definition) is 2. The molecular weight excluding hydrogens is 287 g/mol. The Morgan fingerprint density at radius 1 is 1.15 bits per heavy atom. The van der Waals surface area contributed by atoms with E-state index in [1.807, 2.05) is 0 Å². The van der Waals surface area contributed by atoms with Gasteiger partial charge < -0.3 is 10.8 Å². The van der Waals surface area contributed by atoms with Crippen LogP contribution in [0.5, 0.6) is 0 Å². The summed E-state index contributed by atoms with van der Waals surface area (Å²) in [5.41, 5.74) is 4.67. The predicted octanol–water partition coefficient (Wildman–Crippen LogP) is 3.54. The average Bonchev–Trinajstić information content (AvgIpc) is 2.92. The third kappa shape index (κ3) is 3.03. The van der Waals surface area contributed by atoms with E-state index in [-0.39, 0.29) is 12.1 Å². The molecule has 0 aliphatic carbocycles. The maximum Gasteiger partial charge on any atom is 0.416 e. The third-order valence-corrected chi connectivity index (χ3v) is 4.13. The summed E-state index contributed by atoms with van der Waals surface area (Å²) in [4.78, 5) is 0.775. The van der Waals surface area contributed by atoms with Crippen molar-refractivity contribution >= 4 is 11.3 Å². The highest BCUT2D eigenvalue weighted by molar-refractivity contribution is 7.10. The van der Waals surface area contributed by atoms with Crippen LogP contribution in [0, 0.1) is 0 Å². The lowest BCUT2D eigenvalue weighted by Gasteiger charge is -2.23. The van der Waals surface area contributed by atoms with E-state index in [1.165, 1.54) is 29.5 Å². The van der Waals surface area contributed by atoms with Gasteiger partial charge in [-0.05, 0) is 23.1 Å². The van der Waals surface area contributed by atoms with Crippen molar-refractivity contribution in [2.24, 2.45) is 5.73 Å². The minimum atomic E-state index is -4.49. The van der Waals surface area contributed by atoms with Gasteiger partial charge in [-0.2, -0.15) is 13.2 Å². The molecule has 0 saturated heterocycles. The maximum atomic E-state index is 13.0. The predicted molar refractivity (Wildman–Crippen MR) is 72.5 cm³/mol. The first kappa shape index (κ1) is 15.0. The molecule has 2 rings (SSSR count). The first-order valence-electron chi connectivity index (χ1n) is 6.02. The number of hydrogen-bond acceptors (Lipinski definition) is 3. The van der Waals surface area contributed by atoms with Gasteiger partial charge in [-0.1, -0.05) is 24.3 Å². The highest BCUT2D eigenvalue weighted by atomic mass is 32.1. The van der Waals surface area contributed by atoms with Crippen LogP contribution >= 0.6 is 11.3 Å². The molecule has 2 unspecified atom stereocenters. The molecule has 2 aromatic rings. The van der Waals surface area contributed by atoms with Gasteiger partial charge in [0.25, 0.3) is 0 Å². The molecule has 0 spiro atoms. The Kier molecular flexibility index (Phi) is 4.47. The van der Waals surface area contributed by atoms with Crippen LogP contribution in [0.2, 0.25) is 0 Å². The van der Waals surface area contributed by atoms with Crippen molar-refractivity contribution < 1.29 is 18.3 Å². The van der Waals surface area contributed by atoms with Gasteiger partial charge in [0.2, 0.25) is 0 Å². The normalized spacial score (nSPS) is 15.1. The Hall–Kier alpha value is -1.37. The molecule has 1 heterocycles. The van der Waals surface area contributed by atoms with Gasteiger partial charge >= 0.3 is 6.18 Å². The zero-order valence-corrected chi connectivity index (χ0v) is 11.3. The van der Waals surface area contributed by atoms with Crippen LogP contribution in [0.15, 0.2) is 41.8 Å². The van der Waals surface area contributed by atoms with E-state index in [9.17, 15) is 18.3 Å². The lowest BCUT2D eigenvalue weighted by molar-refractivity contribution is -0.139. The van der Waals surface area contributed by atoms with Gasteiger partial charge in [-0.25, -0.2) is 0 Å². The summed E-state index contributed by atoms with van der Waals surface area (Å²) in [6.07, 6.45) is -5.77. The first-order valence-corrected chi connectivity index (χ1v) is 6.90. The highest BCUT2D eigenvalue weighted by Crippen LogP contribution is 2.39. The summed E-state index contributed by atoms with van der Waals surface area (Å²) in [7, 11) is 0. The second-order valence-electron chi connectivity index (χ2n) is 4.39. The summed E-state index contributed by atoms with van der Waals surface area (Å²) in [6, 6.07) is 8.61. The molecule has 0 aliphatic rings. The SMILES string of the molecule is NCC(c1cccs1)C(O)c1ccccc1C(F)(F)F. The van der Waals surface area contributed by atoms with Crippen LogP contribution in [0.1, 0.15) is 28.0 Å². The van der Waals surface area contributed by atoms with Crippen LogP contribution in [0.25, 0.3) is 0 Å². The van der Waals surface area contributed by atoms with Crippen LogP contribution in [0.3, 0.4) is 0 Å². The van der Waals surface area contributed by atoms with Gasteiger partial charge in [0.05, 0.1) is 11.7 Å². The van der Waals surface area contributed by atoms with E-state index in [1.54, 1.807) is 17.5 Å². The Morgan fingerprint density at radius 2 is 1.85 bits per heavy atom. The molecule has 0 radical (unpaired) electrons. The largest absolute Gasteiger partial charge is 0.416 e. The fourth-order valence-corrected chi connectivity index (χ4v) is 3.00. The summed E-state index contributed by atoms with van der Waals surface area (Å²) in [5.74, 6) is -0.543. The number of nitrogens with two attached hydrogens (primary N) is 1. The van der Waals surface area contributed by atoms with Crippen molar-refractivity contribution in [3.63, 3.8) is 0 Å². The van der Waals surface area contributed by atoms with Gasteiger partial charge in [-0.3, -0.25) is 0 Å². The van der Waals surface area contributed by atoms with E-state index in [0.29, 0.717) is 0 Å². The van der Waals surface area contributed by atoms with Crippen LogP contribution in [-0.4, -0.2) is 11.7 Å². The molecule has 0 amide bonds. The molecular formula is C14H14F3NOS. The van der Waals surface area contributed by atoms with Gasteiger partial charge in [0.15, 0.2) is 0 Å². The van der Waals surface area contributed by atoms with Gasteiger partial charge in [0.1, 0.15) is 0 Å². The van der Waals surface area contributed by atoms with Crippen LogP contribution in [-0.2, 0) is 6.18 Å². The van der Waals surface area contributed by atoms with Crippen molar-refractivity contribution in [3.8, 4) is 0 Å². The third-order valence-electron chi connectivity index (χ3n) is 3.13. The Bertz CT molecular complexity index is 554. The molecule has 0 aliphatic heterocycles. The number of benzene rings is 1. The van der Waals surface area contributed by atoms with Crippen molar-refractivity contribution in [2.75, 3.05) is 6.54 Å². The van der Waals surface area contributed by atoms with Crippen LogP contribution in [0.4, 0.5) is 13.2 Å². The molecule has 3 N–H and O–H groups in total. The minimum Gasteiger partial charge on any atom is -0.388 e. The zero-order chi connectivity index (χ0) is 14.8. The summed E-state index contributed by atoms with van der Waals surface area (Å²) in [5, 5.41) is 12.1. The quantitative estimate of drug-likeness (QED) is 0.907. The van der Waals surface area contributed by atoms with E-state index in [0.717, 1.165) is 10.9 Å². The molecule has 2 nitrogen and oxygen atoms in total. The Balaban J connectivity index is 2.40. The lowest BCUT2D eigenvalue weighted by atomic mass is 9.91. The second kappa shape index (κ2) is 5.95. The molecule has 0 fully saturated rings. The van der Waals surface area contributed by atoms with Gasteiger partial charge in [0, 0.05) is 17.3 Å². The molecule has 2 atom stereocenters. The monoisotopic (exact) mass is 301 g/mol. The molecule has 0 saturated carbocycles. The number of aliphatic hydroxyl groups excluding tert-OH is 1. The summed E-state index contributed by atoms with van der Waals surface area (Å²) in [6.45, 7) is 0.0773. The fraction of sp³-hybridized carbons (Fsp3) is 0.286. The summed E-state index contributed by atoms with van der Waals surface area (Å²) >= 11 is 1.37. The van der Waals surface area contributed by atoms with Crippen LogP contribution < -0.4 is 5.73 Å². The topological polar surface area (TPSA) is 46.2 Å². The van der Waals surface area contributed by atoms with E-state index in [4.69, 9.17) is 5.73 Å². The number of alkyl halides is 3. The smallest absolute Gasteiger partial charge is 0.388 e. The van der Waals surface area contributed by atoms with Crippen molar-refractivity contribution in [1.29, 1.82) is 0 Å². The second-order valence-corrected chi connectivity index (χ2v) is 5.37. The maximum absolute atomic E-state index is 13.0. The van der Waals surface area contributed by atoms with E-state index in [2.05, 4.69) is 0 Å². The van der Waals surface area contributed by atoms with E-state index >= 15 is 0 Å². The Morgan fingerprint density at radius 3 is 2.40 bits per heavy atom. The molecule has 6 heteroatoms. The molecule has 1 aromatic heterocycles. The zero-order valence-electron chi connectivity index (χ0n) is 10.5. The van der Waals surface area contributed by atoms with E-state index < -0.39 is 23.8 Å². The molecule has 108 valence electrons. The number of thiophene rings is 1. The van der Waals surface area contributed by atoms with Crippen molar-refractivity contribution in [1.82, 2.24) is 0 Å². The van der Waals surface area contributed by atoms with Crippen molar-refractivity contribution in [2.45, 2.75) is 18.2 Å². The molecule has 20 heavy (non-hydrogen) atoms. The number of aliphatic hydroxyl groups is 1. The van der Waals surface area contributed by atoms with Crippen molar-refractivity contribution in [3.05, 3.63) is 57.8 Å². The lowest BCUT2D eigenvalue weighted by Crippen LogP contribution is -2.22. The van der Waals surface area contributed by atoms with Gasteiger partial charge in [-0.15, -0.1) is 11.3 Å². The highest BCUT2D eigenvalue weighted by Gasteiger charge is 2.36. The number of halogens is 3. The molecule has 1 aromatic carbocycles. The fourth-order valence-electron chi connectivity index (χ4n) is 2.13.